The Bertz CT molecular complexity index is 721. The van der Waals surface area contributed by atoms with Crippen molar-refractivity contribution in [2.75, 3.05) is 13.1 Å². The highest BCUT2D eigenvalue weighted by Crippen LogP contribution is 2.13. The van der Waals surface area contributed by atoms with E-state index in [1.165, 1.54) is 30.7 Å². The van der Waals surface area contributed by atoms with E-state index < -0.39 is 0 Å². The minimum absolute atomic E-state index is 0.00144. The smallest absolute Gasteiger partial charge is 0.271 e. The number of hydrogen-bond acceptors (Lipinski definition) is 4. The Morgan fingerprint density at radius 3 is 2.79 bits per heavy atom. The number of likely N-dealkylation sites (tertiary alicyclic amines) is 1. The molecule has 7 heteroatoms. The summed E-state index contributed by atoms with van der Waals surface area (Å²) in [6.45, 7) is 1.01. The minimum atomic E-state index is -0.332. The SMILES string of the molecule is O=C(N[C@H]1CC(=O)N(CCc2ccc(F)cc2)C1)c1cnccn1. The molecule has 0 bridgehead atoms. The molecule has 124 valence electrons. The van der Waals surface area contributed by atoms with Crippen molar-refractivity contribution in [3.05, 3.63) is 59.9 Å². The lowest BCUT2D eigenvalue weighted by Gasteiger charge is -2.17. The fraction of sp³-hybridized carbons (Fsp3) is 0.294. The summed E-state index contributed by atoms with van der Waals surface area (Å²) in [6.07, 6.45) is 5.25. The van der Waals surface area contributed by atoms with Gasteiger partial charge in [0.2, 0.25) is 5.91 Å². The van der Waals surface area contributed by atoms with Crippen molar-refractivity contribution in [2.45, 2.75) is 18.9 Å². The van der Waals surface area contributed by atoms with Gasteiger partial charge < -0.3 is 10.2 Å². The van der Waals surface area contributed by atoms with E-state index in [4.69, 9.17) is 0 Å². The summed E-state index contributed by atoms with van der Waals surface area (Å²) in [5.74, 6) is -0.606. The Hall–Kier alpha value is -2.83. The molecule has 0 spiro atoms. The highest BCUT2D eigenvalue weighted by Gasteiger charge is 2.30. The predicted octanol–water partition coefficient (Wildman–Crippen LogP) is 1.19. The van der Waals surface area contributed by atoms with Gasteiger partial charge in [-0.2, -0.15) is 0 Å². The number of aromatic nitrogens is 2. The molecular weight excluding hydrogens is 311 g/mol. The maximum absolute atomic E-state index is 12.9. The zero-order valence-corrected chi connectivity index (χ0v) is 13.0. The molecule has 0 unspecified atom stereocenters. The average Bonchev–Trinajstić information content (AvgIpc) is 2.94. The van der Waals surface area contributed by atoms with Gasteiger partial charge in [0, 0.05) is 31.9 Å². The van der Waals surface area contributed by atoms with Crippen molar-refractivity contribution in [3.63, 3.8) is 0 Å². The first-order valence-corrected chi connectivity index (χ1v) is 7.71. The van der Waals surface area contributed by atoms with E-state index in [1.54, 1.807) is 17.0 Å². The molecule has 1 saturated heterocycles. The summed E-state index contributed by atoms with van der Waals surface area (Å²) in [6, 6.07) is 6.00. The Morgan fingerprint density at radius 2 is 2.08 bits per heavy atom. The molecule has 1 fully saturated rings. The second-order valence-corrected chi connectivity index (χ2v) is 5.68. The van der Waals surface area contributed by atoms with Crippen molar-refractivity contribution in [1.82, 2.24) is 20.2 Å². The van der Waals surface area contributed by atoms with Gasteiger partial charge in [-0.05, 0) is 24.1 Å². The maximum Gasteiger partial charge on any atom is 0.271 e. The molecule has 3 rings (SSSR count). The zero-order chi connectivity index (χ0) is 16.9. The molecule has 24 heavy (non-hydrogen) atoms. The van der Waals surface area contributed by atoms with E-state index in [2.05, 4.69) is 15.3 Å². The fourth-order valence-electron chi connectivity index (χ4n) is 2.68. The number of nitrogens with one attached hydrogen (secondary N) is 1. The van der Waals surface area contributed by atoms with Crippen LogP contribution in [0.5, 0.6) is 0 Å². The van der Waals surface area contributed by atoms with E-state index in [-0.39, 0.29) is 35.8 Å². The van der Waals surface area contributed by atoms with Gasteiger partial charge in [-0.3, -0.25) is 14.6 Å². The van der Waals surface area contributed by atoms with Gasteiger partial charge in [0.15, 0.2) is 0 Å². The van der Waals surface area contributed by atoms with Crippen molar-refractivity contribution in [3.8, 4) is 0 Å². The highest BCUT2D eigenvalue weighted by atomic mass is 19.1. The number of carbonyl (C=O) groups is 2. The molecular formula is C17H17FN4O2. The molecule has 1 N–H and O–H groups in total. The predicted molar refractivity (Wildman–Crippen MR) is 84.6 cm³/mol. The minimum Gasteiger partial charge on any atom is -0.346 e. The quantitative estimate of drug-likeness (QED) is 0.894. The molecule has 1 aliphatic heterocycles. The van der Waals surface area contributed by atoms with Crippen LogP contribution in [0.25, 0.3) is 0 Å². The third-order valence-electron chi connectivity index (χ3n) is 3.93. The van der Waals surface area contributed by atoms with Crippen LogP contribution >= 0.6 is 0 Å². The molecule has 6 nitrogen and oxygen atoms in total. The molecule has 2 heterocycles. The summed E-state index contributed by atoms with van der Waals surface area (Å²) < 4.78 is 12.9. The third-order valence-corrected chi connectivity index (χ3v) is 3.93. The molecule has 1 aromatic heterocycles. The summed E-state index contributed by atoms with van der Waals surface area (Å²) in [5.41, 5.74) is 1.20. The van der Waals surface area contributed by atoms with E-state index in [9.17, 15) is 14.0 Å². The van der Waals surface area contributed by atoms with E-state index in [0.29, 0.717) is 19.5 Å². The normalized spacial score (nSPS) is 17.1. The van der Waals surface area contributed by atoms with Gasteiger partial charge in [-0.25, -0.2) is 9.37 Å². The highest BCUT2D eigenvalue weighted by molar-refractivity contribution is 5.93. The number of hydrogen-bond donors (Lipinski definition) is 1. The third kappa shape index (κ3) is 3.92. The summed E-state index contributed by atoms with van der Waals surface area (Å²) in [7, 11) is 0. The monoisotopic (exact) mass is 328 g/mol. The number of halogens is 1. The molecule has 2 aromatic rings. The van der Waals surface area contributed by atoms with Crippen LogP contribution in [0.15, 0.2) is 42.9 Å². The second kappa shape index (κ2) is 7.16. The molecule has 0 aliphatic carbocycles. The lowest BCUT2D eigenvalue weighted by molar-refractivity contribution is -0.127. The number of nitrogens with zero attached hydrogens (tertiary/aromatic N) is 3. The Balaban J connectivity index is 1.52. The summed E-state index contributed by atoms with van der Waals surface area (Å²) >= 11 is 0. The average molecular weight is 328 g/mol. The van der Waals surface area contributed by atoms with E-state index in [0.717, 1.165) is 5.56 Å². The number of carbonyl (C=O) groups excluding carboxylic acids is 2. The molecule has 1 aliphatic rings. The number of amides is 2. The van der Waals surface area contributed by atoms with Gasteiger partial charge in [0.05, 0.1) is 12.2 Å². The fourth-order valence-corrected chi connectivity index (χ4v) is 2.68. The van der Waals surface area contributed by atoms with Gasteiger partial charge >= 0.3 is 0 Å². The largest absolute Gasteiger partial charge is 0.346 e. The molecule has 1 aromatic carbocycles. The van der Waals surface area contributed by atoms with Gasteiger partial charge in [0.25, 0.3) is 5.91 Å². The van der Waals surface area contributed by atoms with E-state index in [1.807, 2.05) is 0 Å². The van der Waals surface area contributed by atoms with Gasteiger partial charge in [-0.1, -0.05) is 12.1 Å². The first-order valence-electron chi connectivity index (χ1n) is 7.71. The van der Waals surface area contributed by atoms with Crippen LogP contribution in [0.4, 0.5) is 4.39 Å². The zero-order valence-electron chi connectivity index (χ0n) is 13.0. The summed E-state index contributed by atoms with van der Waals surface area (Å²) in [4.78, 5) is 33.6. The van der Waals surface area contributed by atoms with Crippen LogP contribution in [-0.4, -0.2) is 45.8 Å². The van der Waals surface area contributed by atoms with Crippen LogP contribution in [-0.2, 0) is 11.2 Å². The van der Waals surface area contributed by atoms with Crippen LogP contribution in [0.2, 0.25) is 0 Å². The van der Waals surface area contributed by atoms with Gasteiger partial charge in [0.1, 0.15) is 11.5 Å². The summed E-state index contributed by atoms with van der Waals surface area (Å²) in [5, 5.41) is 2.81. The first kappa shape index (κ1) is 16.0. The maximum atomic E-state index is 12.9. The lowest BCUT2D eigenvalue weighted by atomic mass is 10.1. The van der Waals surface area contributed by atoms with Crippen LogP contribution in [0.3, 0.4) is 0 Å². The Morgan fingerprint density at radius 1 is 1.29 bits per heavy atom. The Kier molecular flexibility index (Phi) is 4.79. The number of rotatable bonds is 5. The van der Waals surface area contributed by atoms with Crippen molar-refractivity contribution in [2.24, 2.45) is 0 Å². The molecule has 0 saturated carbocycles. The topological polar surface area (TPSA) is 75.2 Å². The van der Waals surface area contributed by atoms with Gasteiger partial charge in [-0.15, -0.1) is 0 Å². The van der Waals surface area contributed by atoms with Crippen molar-refractivity contribution >= 4 is 11.8 Å². The lowest BCUT2D eigenvalue weighted by Crippen LogP contribution is -2.37. The molecule has 1 atom stereocenters. The standard InChI is InChI=1S/C17H17FN4O2/c18-13-3-1-12(2-4-13)5-8-22-11-14(9-16(22)23)21-17(24)15-10-19-6-7-20-15/h1-4,6-7,10,14H,5,8-9,11H2,(H,21,24)/t14-/m0/s1. The van der Waals surface area contributed by atoms with E-state index >= 15 is 0 Å². The van der Waals surface area contributed by atoms with Crippen LogP contribution in [0.1, 0.15) is 22.5 Å². The second-order valence-electron chi connectivity index (χ2n) is 5.68. The molecule has 0 radical (unpaired) electrons. The Labute approximate surface area is 138 Å². The first-order chi connectivity index (χ1) is 11.6. The van der Waals surface area contributed by atoms with Crippen LogP contribution in [0, 0.1) is 5.82 Å². The van der Waals surface area contributed by atoms with Crippen molar-refractivity contribution in [1.29, 1.82) is 0 Å². The van der Waals surface area contributed by atoms with Crippen LogP contribution < -0.4 is 5.32 Å². The molecule has 2 amide bonds. The number of benzene rings is 1. The van der Waals surface area contributed by atoms with Crippen molar-refractivity contribution < 1.29 is 14.0 Å².